The van der Waals surface area contributed by atoms with E-state index in [-0.39, 0.29) is 5.56 Å². The average molecular weight is 294 g/mol. The monoisotopic (exact) mass is 294 g/mol. The minimum absolute atomic E-state index is 0.0611. The van der Waals surface area contributed by atoms with E-state index in [2.05, 4.69) is 6.07 Å². The second kappa shape index (κ2) is 5.34. The van der Waals surface area contributed by atoms with Crippen molar-refractivity contribution in [2.24, 2.45) is 0 Å². The van der Waals surface area contributed by atoms with Gasteiger partial charge in [-0.25, -0.2) is 9.18 Å². The molecule has 0 atom stereocenters. The molecule has 1 N–H and O–H groups in total. The number of halogens is 1. The highest BCUT2D eigenvalue weighted by Crippen LogP contribution is 2.24. The quantitative estimate of drug-likeness (QED) is 0.805. The van der Waals surface area contributed by atoms with Crippen LogP contribution in [0.2, 0.25) is 0 Å². The highest BCUT2D eigenvalue weighted by atomic mass is 19.1. The molecule has 5 heteroatoms. The molecule has 0 unspecified atom stereocenters. The molecule has 0 aliphatic carbocycles. The van der Waals surface area contributed by atoms with Gasteiger partial charge in [0.25, 0.3) is 0 Å². The zero-order chi connectivity index (χ0) is 15.7. The lowest BCUT2D eigenvalue weighted by Gasteiger charge is -2.06. The largest absolute Gasteiger partial charge is 0.478 e. The predicted molar refractivity (Wildman–Crippen MR) is 79.1 cm³/mol. The lowest BCUT2D eigenvalue weighted by atomic mass is 10.1. The summed E-state index contributed by atoms with van der Waals surface area (Å²) in [4.78, 5) is 11.3. The normalized spacial score (nSPS) is 10.5. The molecule has 0 bridgehead atoms. The van der Waals surface area contributed by atoms with Crippen molar-refractivity contribution in [1.82, 2.24) is 4.57 Å². The van der Waals surface area contributed by atoms with Crippen LogP contribution in [0, 0.1) is 17.1 Å². The lowest BCUT2D eigenvalue weighted by molar-refractivity contribution is 0.0699. The fourth-order valence-corrected chi connectivity index (χ4v) is 2.51. The Hall–Kier alpha value is -3.13. The molecule has 0 fully saturated rings. The third-order valence-corrected chi connectivity index (χ3v) is 3.48. The molecule has 3 rings (SSSR count). The Morgan fingerprint density at radius 3 is 2.82 bits per heavy atom. The second-order valence-electron chi connectivity index (χ2n) is 4.95. The van der Waals surface area contributed by atoms with Crippen molar-refractivity contribution in [2.45, 2.75) is 6.54 Å². The van der Waals surface area contributed by atoms with Crippen molar-refractivity contribution in [2.75, 3.05) is 0 Å². The predicted octanol–water partition coefficient (Wildman–Crippen LogP) is 3.40. The maximum absolute atomic E-state index is 13.4. The van der Waals surface area contributed by atoms with Gasteiger partial charge >= 0.3 is 5.97 Å². The summed E-state index contributed by atoms with van der Waals surface area (Å²) in [6.07, 6.45) is 1.49. The molecule has 0 amide bonds. The summed E-state index contributed by atoms with van der Waals surface area (Å²) in [5.41, 5.74) is 2.11. The fraction of sp³-hybridized carbons (Fsp3) is 0.0588. The first-order chi connectivity index (χ1) is 10.6. The number of aromatic nitrogens is 1. The molecule has 0 spiro atoms. The molecule has 1 heterocycles. The number of carboxylic acid groups (broad SMARTS) is 1. The summed E-state index contributed by atoms with van der Waals surface area (Å²) in [6.45, 7) is 0.408. The molecule has 0 saturated heterocycles. The zero-order valence-electron chi connectivity index (χ0n) is 11.5. The zero-order valence-corrected chi connectivity index (χ0v) is 11.5. The SMILES string of the molecule is N#Cc1cccc(Cn2cc(C(=O)O)c3cc(F)ccc32)c1. The molecule has 0 radical (unpaired) electrons. The van der Waals surface area contributed by atoms with E-state index in [1.165, 1.54) is 18.3 Å². The van der Waals surface area contributed by atoms with E-state index in [1.807, 2.05) is 6.07 Å². The van der Waals surface area contributed by atoms with Gasteiger partial charge in [-0.05, 0) is 35.9 Å². The molecule has 22 heavy (non-hydrogen) atoms. The van der Waals surface area contributed by atoms with E-state index < -0.39 is 11.8 Å². The fourth-order valence-electron chi connectivity index (χ4n) is 2.51. The summed E-state index contributed by atoms with van der Waals surface area (Å²) in [6, 6.07) is 13.2. The van der Waals surface area contributed by atoms with Gasteiger partial charge in [0.2, 0.25) is 0 Å². The van der Waals surface area contributed by atoms with E-state index in [9.17, 15) is 14.3 Å². The van der Waals surface area contributed by atoms with Crippen LogP contribution >= 0.6 is 0 Å². The highest BCUT2D eigenvalue weighted by Gasteiger charge is 2.15. The van der Waals surface area contributed by atoms with Crippen molar-refractivity contribution in [3.8, 4) is 6.07 Å². The Balaban J connectivity index is 2.11. The number of hydrogen-bond donors (Lipinski definition) is 1. The van der Waals surface area contributed by atoms with Gasteiger partial charge in [0, 0.05) is 23.6 Å². The van der Waals surface area contributed by atoms with Crippen LogP contribution in [0.25, 0.3) is 10.9 Å². The number of rotatable bonds is 3. The molecule has 108 valence electrons. The minimum Gasteiger partial charge on any atom is -0.478 e. The van der Waals surface area contributed by atoms with Gasteiger partial charge in [-0.2, -0.15) is 5.26 Å². The van der Waals surface area contributed by atoms with Crippen molar-refractivity contribution in [1.29, 1.82) is 5.26 Å². The van der Waals surface area contributed by atoms with Crippen LogP contribution in [0.15, 0.2) is 48.7 Å². The van der Waals surface area contributed by atoms with Crippen LogP contribution in [0.3, 0.4) is 0 Å². The average Bonchev–Trinajstić information content (AvgIpc) is 2.85. The molecule has 0 aliphatic heterocycles. The van der Waals surface area contributed by atoms with Crippen molar-refractivity contribution >= 4 is 16.9 Å². The van der Waals surface area contributed by atoms with Crippen LogP contribution in [0.1, 0.15) is 21.5 Å². The van der Waals surface area contributed by atoms with Crippen LogP contribution in [0.4, 0.5) is 4.39 Å². The van der Waals surface area contributed by atoms with Crippen molar-refractivity contribution in [3.05, 3.63) is 71.2 Å². The number of carboxylic acids is 1. The molecule has 3 aromatic rings. The number of nitriles is 1. The van der Waals surface area contributed by atoms with E-state index in [0.29, 0.717) is 23.0 Å². The number of hydrogen-bond acceptors (Lipinski definition) is 2. The maximum atomic E-state index is 13.4. The van der Waals surface area contributed by atoms with Gasteiger partial charge in [0.1, 0.15) is 5.82 Å². The summed E-state index contributed by atoms with van der Waals surface area (Å²) in [7, 11) is 0. The Labute approximate surface area is 125 Å². The third kappa shape index (κ3) is 2.42. The maximum Gasteiger partial charge on any atom is 0.337 e. The Morgan fingerprint density at radius 2 is 2.09 bits per heavy atom. The first-order valence-electron chi connectivity index (χ1n) is 6.59. The standard InChI is InChI=1S/C17H11FN2O2/c18-13-4-5-16-14(7-13)15(17(21)22)10-20(16)9-12-3-1-2-11(6-12)8-19/h1-7,10H,9H2,(H,21,22). The summed E-state index contributed by atoms with van der Waals surface area (Å²) >= 11 is 0. The highest BCUT2D eigenvalue weighted by molar-refractivity contribution is 6.03. The van der Waals surface area contributed by atoms with Gasteiger partial charge in [-0.3, -0.25) is 0 Å². The smallest absolute Gasteiger partial charge is 0.337 e. The van der Waals surface area contributed by atoms with Crippen molar-refractivity contribution in [3.63, 3.8) is 0 Å². The van der Waals surface area contributed by atoms with E-state index in [4.69, 9.17) is 5.26 Å². The van der Waals surface area contributed by atoms with Crippen LogP contribution < -0.4 is 0 Å². The van der Waals surface area contributed by atoms with E-state index in [1.54, 1.807) is 28.8 Å². The van der Waals surface area contributed by atoms with Gasteiger partial charge in [0.05, 0.1) is 17.2 Å². The van der Waals surface area contributed by atoms with Gasteiger partial charge in [-0.1, -0.05) is 12.1 Å². The Morgan fingerprint density at radius 1 is 1.27 bits per heavy atom. The van der Waals surface area contributed by atoms with Gasteiger partial charge in [-0.15, -0.1) is 0 Å². The van der Waals surface area contributed by atoms with Gasteiger partial charge < -0.3 is 9.67 Å². The second-order valence-corrected chi connectivity index (χ2v) is 4.95. The Kier molecular flexibility index (Phi) is 3.36. The molecule has 0 aliphatic rings. The molecule has 2 aromatic carbocycles. The number of aromatic carboxylic acids is 1. The third-order valence-electron chi connectivity index (χ3n) is 3.48. The van der Waals surface area contributed by atoms with Crippen molar-refractivity contribution < 1.29 is 14.3 Å². The topological polar surface area (TPSA) is 66.0 Å². The minimum atomic E-state index is -1.10. The molecular weight excluding hydrogens is 283 g/mol. The number of nitrogens with zero attached hydrogens (tertiary/aromatic N) is 2. The number of carbonyl (C=O) groups is 1. The number of fused-ring (bicyclic) bond motifs is 1. The van der Waals surface area contributed by atoms with Crippen LogP contribution in [0.5, 0.6) is 0 Å². The molecule has 4 nitrogen and oxygen atoms in total. The number of benzene rings is 2. The summed E-state index contributed by atoms with van der Waals surface area (Å²) in [5, 5.41) is 18.6. The summed E-state index contributed by atoms with van der Waals surface area (Å²) in [5.74, 6) is -1.57. The van der Waals surface area contributed by atoms with E-state index in [0.717, 1.165) is 5.56 Å². The lowest BCUT2D eigenvalue weighted by Crippen LogP contribution is -1.99. The van der Waals surface area contributed by atoms with Gasteiger partial charge in [0.15, 0.2) is 0 Å². The van der Waals surface area contributed by atoms with E-state index >= 15 is 0 Å². The molecular formula is C17H11FN2O2. The summed E-state index contributed by atoms with van der Waals surface area (Å²) < 4.78 is 15.1. The van der Waals surface area contributed by atoms with Crippen LogP contribution in [-0.2, 0) is 6.54 Å². The first kappa shape index (κ1) is 13.8. The first-order valence-corrected chi connectivity index (χ1v) is 6.59. The molecule has 0 saturated carbocycles. The van der Waals surface area contributed by atoms with Crippen LogP contribution in [-0.4, -0.2) is 15.6 Å². The Bertz CT molecular complexity index is 922. The molecule has 1 aromatic heterocycles.